The highest BCUT2D eigenvalue weighted by atomic mass is 16.5. The van der Waals surface area contributed by atoms with Gasteiger partial charge in [0.2, 0.25) is 0 Å². The zero-order valence-corrected chi connectivity index (χ0v) is 7.30. The van der Waals surface area contributed by atoms with Crippen LogP contribution < -0.4 is 5.73 Å². The average molecular weight is 159 g/mol. The van der Waals surface area contributed by atoms with Crippen molar-refractivity contribution < 1.29 is 9.53 Å². The van der Waals surface area contributed by atoms with E-state index in [9.17, 15) is 4.79 Å². The minimum Gasteiger partial charge on any atom is -0.385 e. The maximum absolute atomic E-state index is 11.1. The van der Waals surface area contributed by atoms with Crippen LogP contribution in [-0.2, 0) is 9.53 Å². The van der Waals surface area contributed by atoms with E-state index in [1.165, 1.54) is 0 Å². The van der Waals surface area contributed by atoms with Crippen molar-refractivity contribution in [1.29, 1.82) is 0 Å². The molecule has 0 aromatic carbocycles. The van der Waals surface area contributed by atoms with Crippen molar-refractivity contribution >= 4 is 5.78 Å². The first-order chi connectivity index (χ1) is 5.22. The Hall–Kier alpha value is -0.410. The summed E-state index contributed by atoms with van der Waals surface area (Å²) in [4.78, 5) is 11.1. The van der Waals surface area contributed by atoms with Gasteiger partial charge >= 0.3 is 0 Å². The summed E-state index contributed by atoms with van der Waals surface area (Å²) < 4.78 is 4.86. The molecular weight excluding hydrogens is 142 g/mol. The Kier molecular flexibility index (Phi) is 6.07. The minimum absolute atomic E-state index is 0.0958. The van der Waals surface area contributed by atoms with Crippen LogP contribution in [0.4, 0.5) is 0 Å². The third-order valence-corrected chi connectivity index (χ3v) is 1.70. The molecule has 0 heterocycles. The molecule has 0 aliphatic heterocycles. The molecule has 0 saturated carbocycles. The molecule has 66 valence electrons. The molecule has 0 spiro atoms. The summed E-state index contributed by atoms with van der Waals surface area (Å²) in [5, 5.41) is 0. The second kappa shape index (κ2) is 6.31. The fraction of sp³-hybridized carbons (Fsp3) is 0.875. The first kappa shape index (κ1) is 10.6. The van der Waals surface area contributed by atoms with E-state index >= 15 is 0 Å². The Morgan fingerprint density at radius 1 is 1.64 bits per heavy atom. The number of nitrogens with two attached hydrogens (primary N) is 1. The zero-order valence-electron chi connectivity index (χ0n) is 7.30. The lowest BCUT2D eigenvalue weighted by atomic mass is 10.0. The van der Waals surface area contributed by atoms with Gasteiger partial charge in [-0.3, -0.25) is 4.79 Å². The van der Waals surface area contributed by atoms with Crippen molar-refractivity contribution in [3.05, 3.63) is 0 Å². The minimum atomic E-state index is 0.0958. The SMILES string of the molecule is COCCC(C)C(=O)CCN. The summed E-state index contributed by atoms with van der Waals surface area (Å²) in [5.74, 6) is 0.336. The topological polar surface area (TPSA) is 52.3 Å². The van der Waals surface area contributed by atoms with E-state index in [-0.39, 0.29) is 11.7 Å². The maximum Gasteiger partial charge on any atom is 0.137 e. The van der Waals surface area contributed by atoms with Crippen LogP contribution in [0.15, 0.2) is 0 Å². The van der Waals surface area contributed by atoms with Gasteiger partial charge in [-0.1, -0.05) is 6.92 Å². The number of methoxy groups -OCH3 is 1. The summed E-state index contributed by atoms with van der Waals surface area (Å²) in [6, 6.07) is 0. The predicted molar refractivity (Wildman–Crippen MR) is 44.3 cm³/mol. The standard InChI is InChI=1S/C8H17NO2/c1-7(4-6-11-2)8(10)3-5-9/h7H,3-6,9H2,1-2H3. The van der Waals surface area contributed by atoms with Crippen LogP contribution in [-0.4, -0.2) is 26.0 Å². The highest BCUT2D eigenvalue weighted by molar-refractivity contribution is 5.80. The Labute approximate surface area is 67.9 Å². The number of hydrogen-bond donors (Lipinski definition) is 1. The molecule has 0 saturated heterocycles. The van der Waals surface area contributed by atoms with Crippen LogP contribution >= 0.6 is 0 Å². The van der Waals surface area contributed by atoms with Crippen LogP contribution in [0.3, 0.4) is 0 Å². The Morgan fingerprint density at radius 2 is 2.27 bits per heavy atom. The second-order valence-electron chi connectivity index (χ2n) is 2.69. The van der Waals surface area contributed by atoms with Gasteiger partial charge in [-0.15, -0.1) is 0 Å². The molecular formula is C8H17NO2. The van der Waals surface area contributed by atoms with E-state index in [1.807, 2.05) is 6.92 Å². The van der Waals surface area contributed by atoms with Crippen LogP contribution in [0.5, 0.6) is 0 Å². The number of hydrogen-bond acceptors (Lipinski definition) is 3. The Bertz CT molecular complexity index is 115. The molecule has 2 N–H and O–H groups in total. The molecule has 3 heteroatoms. The molecule has 1 atom stereocenters. The monoisotopic (exact) mass is 159 g/mol. The smallest absolute Gasteiger partial charge is 0.137 e. The van der Waals surface area contributed by atoms with Gasteiger partial charge in [-0.2, -0.15) is 0 Å². The molecule has 0 bridgehead atoms. The van der Waals surface area contributed by atoms with Crippen molar-refractivity contribution in [2.75, 3.05) is 20.3 Å². The predicted octanol–water partition coefficient (Wildman–Crippen LogP) is 0.577. The lowest BCUT2D eigenvalue weighted by molar-refractivity contribution is -0.122. The molecule has 0 aromatic heterocycles. The zero-order chi connectivity index (χ0) is 8.69. The molecule has 11 heavy (non-hydrogen) atoms. The van der Waals surface area contributed by atoms with Crippen LogP contribution in [0.1, 0.15) is 19.8 Å². The van der Waals surface area contributed by atoms with E-state index in [0.717, 1.165) is 6.42 Å². The molecule has 0 rings (SSSR count). The Morgan fingerprint density at radius 3 is 2.73 bits per heavy atom. The van der Waals surface area contributed by atoms with Crippen molar-refractivity contribution in [2.45, 2.75) is 19.8 Å². The molecule has 0 radical (unpaired) electrons. The van der Waals surface area contributed by atoms with Crippen LogP contribution in [0.25, 0.3) is 0 Å². The molecule has 0 aliphatic rings. The van der Waals surface area contributed by atoms with E-state index < -0.39 is 0 Å². The number of carbonyl (C=O) groups excluding carboxylic acids is 1. The number of carbonyl (C=O) groups is 1. The third-order valence-electron chi connectivity index (χ3n) is 1.70. The maximum atomic E-state index is 11.1. The van der Waals surface area contributed by atoms with Gasteiger partial charge in [-0.25, -0.2) is 0 Å². The largest absolute Gasteiger partial charge is 0.385 e. The normalized spacial score (nSPS) is 13.0. The average Bonchev–Trinajstić information content (AvgIpc) is 2.00. The van der Waals surface area contributed by atoms with E-state index in [0.29, 0.717) is 19.6 Å². The number of ketones is 1. The third kappa shape index (κ3) is 4.93. The first-order valence-electron chi connectivity index (χ1n) is 3.94. The van der Waals surface area contributed by atoms with Gasteiger partial charge in [-0.05, 0) is 13.0 Å². The lowest BCUT2D eigenvalue weighted by Crippen LogP contribution is -2.16. The van der Waals surface area contributed by atoms with E-state index in [4.69, 9.17) is 10.5 Å². The fourth-order valence-electron chi connectivity index (χ4n) is 0.844. The number of rotatable bonds is 6. The van der Waals surface area contributed by atoms with Crippen molar-refractivity contribution in [1.82, 2.24) is 0 Å². The molecule has 0 amide bonds. The van der Waals surface area contributed by atoms with Gasteiger partial charge < -0.3 is 10.5 Å². The molecule has 0 aromatic rings. The van der Waals surface area contributed by atoms with E-state index in [1.54, 1.807) is 7.11 Å². The molecule has 3 nitrogen and oxygen atoms in total. The first-order valence-corrected chi connectivity index (χ1v) is 3.94. The molecule has 0 aliphatic carbocycles. The van der Waals surface area contributed by atoms with Gasteiger partial charge in [0, 0.05) is 26.1 Å². The van der Waals surface area contributed by atoms with E-state index in [2.05, 4.69) is 0 Å². The number of ether oxygens (including phenoxy) is 1. The summed E-state index contributed by atoms with van der Waals surface area (Å²) in [6.45, 7) is 3.02. The van der Waals surface area contributed by atoms with Crippen molar-refractivity contribution in [3.63, 3.8) is 0 Å². The molecule has 0 fully saturated rings. The van der Waals surface area contributed by atoms with Gasteiger partial charge in [0.1, 0.15) is 5.78 Å². The van der Waals surface area contributed by atoms with Gasteiger partial charge in [0.25, 0.3) is 0 Å². The quantitative estimate of drug-likeness (QED) is 0.616. The fourth-order valence-corrected chi connectivity index (χ4v) is 0.844. The van der Waals surface area contributed by atoms with Crippen LogP contribution in [0.2, 0.25) is 0 Å². The highest BCUT2D eigenvalue weighted by Gasteiger charge is 2.10. The summed E-state index contributed by atoms with van der Waals surface area (Å²) >= 11 is 0. The van der Waals surface area contributed by atoms with Gasteiger partial charge in [0.05, 0.1) is 0 Å². The number of Topliss-reactive ketones (excluding diaryl/α,β-unsaturated/α-hetero) is 1. The summed E-state index contributed by atoms with van der Waals surface area (Å²) in [6.07, 6.45) is 1.29. The summed E-state index contributed by atoms with van der Waals surface area (Å²) in [5.41, 5.74) is 5.24. The van der Waals surface area contributed by atoms with Crippen molar-refractivity contribution in [2.24, 2.45) is 11.7 Å². The lowest BCUT2D eigenvalue weighted by Gasteiger charge is -2.07. The summed E-state index contributed by atoms with van der Waals surface area (Å²) in [7, 11) is 1.64. The second-order valence-corrected chi connectivity index (χ2v) is 2.69. The van der Waals surface area contributed by atoms with Gasteiger partial charge in [0.15, 0.2) is 0 Å². The van der Waals surface area contributed by atoms with Crippen molar-refractivity contribution in [3.8, 4) is 0 Å². The molecule has 1 unspecified atom stereocenters. The Balaban J connectivity index is 3.46. The highest BCUT2D eigenvalue weighted by Crippen LogP contribution is 2.04. The van der Waals surface area contributed by atoms with Crippen LogP contribution in [0, 0.1) is 5.92 Å².